The summed E-state index contributed by atoms with van der Waals surface area (Å²) in [5.74, 6) is -0.785. The fraction of sp³-hybridized carbons (Fsp3) is 0.353. The number of rotatable bonds is 10. The van der Waals surface area contributed by atoms with E-state index in [0.29, 0.717) is 0 Å². The highest BCUT2D eigenvalue weighted by Crippen LogP contribution is 2.34. The lowest BCUT2D eigenvalue weighted by Gasteiger charge is -2.11. The van der Waals surface area contributed by atoms with Gasteiger partial charge in [-0.25, -0.2) is 0 Å². The average Bonchev–Trinajstić information content (AvgIpc) is 2.68. The van der Waals surface area contributed by atoms with Crippen LogP contribution in [0.5, 0.6) is 11.5 Å². The Morgan fingerprint density at radius 3 is 2.63 bits per heavy atom. The number of carboxylic acid groups (broad SMARTS) is 1. The highest BCUT2D eigenvalue weighted by molar-refractivity contribution is 7.71. The maximum absolute atomic E-state index is 12.5. The van der Waals surface area contributed by atoms with E-state index >= 15 is 0 Å². The monoisotopic (exact) mass is 437 g/mol. The molecule has 0 aliphatic carbocycles. The Kier molecular flexibility index (Phi) is 7.75. The number of hydrogen-bond donors (Lipinski definition) is 2. The molecular weight excluding hydrogens is 418 g/mol. The Labute approximate surface area is 174 Å². The number of aromatic nitrogens is 3. The van der Waals surface area contributed by atoms with Crippen LogP contribution in [0.4, 0.5) is 5.69 Å². The summed E-state index contributed by atoms with van der Waals surface area (Å²) < 4.78 is 11.5. The number of aromatic amines is 1. The zero-order valence-electron chi connectivity index (χ0n) is 16.2. The first-order valence-corrected chi connectivity index (χ1v) is 9.24. The van der Waals surface area contributed by atoms with Gasteiger partial charge < -0.3 is 14.6 Å². The lowest BCUT2D eigenvalue weighted by atomic mass is 10.1. The van der Waals surface area contributed by atoms with Crippen LogP contribution in [0, 0.1) is 14.9 Å². The van der Waals surface area contributed by atoms with Crippen LogP contribution < -0.4 is 15.0 Å². The molecule has 0 saturated heterocycles. The summed E-state index contributed by atoms with van der Waals surface area (Å²) in [6.45, 7) is 3.93. The van der Waals surface area contributed by atoms with Crippen molar-refractivity contribution < 1.29 is 24.3 Å². The number of H-pyrrole nitrogens is 1. The van der Waals surface area contributed by atoms with E-state index in [1.54, 1.807) is 13.8 Å². The van der Waals surface area contributed by atoms with Crippen LogP contribution in [0.2, 0.25) is 0 Å². The first-order valence-electron chi connectivity index (χ1n) is 8.83. The van der Waals surface area contributed by atoms with Crippen LogP contribution in [0.3, 0.4) is 0 Å². The fourth-order valence-electron chi connectivity index (χ4n) is 2.40. The van der Waals surface area contributed by atoms with Crippen LogP contribution in [0.25, 0.3) is 0 Å². The van der Waals surface area contributed by atoms with E-state index in [4.69, 9.17) is 26.8 Å². The second-order valence-corrected chi connectivity index (χ2v) is 6.10. The highest BCUT2D eigenvalue weighted by atomic mass is 32.1. The molecule has 2 N–H and O–H groups in total. The number of ether oxygens (including phenoxy) is 2. The number of aryl methyl sites for hydroxylation is 1. The van der Waals surface area contributed by atoms with Crippen molar-refractivity contribution in [1.29, 1.82) is 0 Å². The molecule has 160 valence electrons. The number of nitro benzene ring substituents is 1. The Bertz CT molecular complexity index is 1090. The second-order valence-electron chi connectivity index (χ2n) is 5.71. The SMILES string of the molecule is CCOc1cc(OCC)c([N+](=O)[O-])cc1/C=N\n1c(=S)[nH]nc(CCC(=O)O)c1=O. The van der Waals surface area contributed by atoms with Gasteiger partial charge in [0, 0.05) is 24.1 Å². The lowest BCUT2D eigenvalue weighted by Crippen LogP contribution is -2.25. The normalized spacial score (nSPS) is 10.9. The topological polar surface area (TPSA) is 162 Å². The van der Waals surface area contributed by atoms with E-state index in [1.807, 2.05) is 0 Å². The van der Waals surface area contributed by atoms with Crippen LogP contribution >= 0.6 is 12.2 Å². The van der Waals surface area contributed by atoms with Crippen molar-refractivity contribution in [3.8, 4) is 11.5 Å². The molecule has 2 aromatic rings. The summed E-state index contributed by atoms with van der Waals surface area (Å²) in [6.07, 6.45) is 0.768. The molecule has 0 saturated carbocycles. The van der Waals surface area contributed by atoms with Gasteiger partial charge in [0.25, 0.3) is 5.56 Å². The number of aliphatic carboxylic acids is 1. The minimum atomic E-state index is -1.09. The second kappa shape index (κ2) is 10.2. The minimum Gasteiger partial charge on any atom is -0.493 e. The van der Waals surface area contributed by atoms with Gasteiger partial charge in [-0.15, -0.1) is 0 Å². The summed E-state index contributed by atoms with van der Waals surface area (Å²) >= 11 is 5.01. The van der Waals surface area contributed by atoms with Crippen molar-refractivity contribution in [1.82, 2.24) is 14.9 Å². The molecule has 0 fully saturated rings. The third kappa shape index (κ3) is 5.47. The molecule has 0 bridgehead atoms. The van der Waals surface area contributed by atoms with Gasteiger partial charge in [-0.3, -0.25) is 24.8 Å². The van der Waals surface area contributed by atoms with E-state index in [2.05, 4.69) is 15.3 Å². The molecule has 0 unspecified atom stereocenters. The van der Waals surface area contributed by atoms with Crippen molar-refractivity contribution in [2.75, 3.05) is 13.2 Å². The Balaban J connectivity index is 2.53. The zero-order chi connectivity index (χ0) is 22.3. The molecule has 2 rings (SSSR count). The van der Waals surface area contributed by atoms with Gasteiger partial charge in [-0.1, -0.05) is 0 Å². The van der Waals surface area contributed by atoms with Crippen LogP contribution in [-0.4, -0.2) is 50.3 Å². The summed E-state index contributed by atoms with van der Waals surface area (Å²) in [5, 5.41) is 30.3. The van der Waals surface area contributed by atoms with Gasteiger partial charge in [0.1, 0.15) is 11.4 Å². The van der Waals surface area contributed by atoms with E-state index in [1.165, 1.54) is 18.3 Å². The number of benzene rings is 1. The van der Waals surface area contributed by atoms with E-state index in [-0.39, 0.29) is 59.3 Å². The van der Waals surface area contributed by atoms with Crippen LogP contribution in [0.1, 0.15) is 31.5 Å². The molecule has 0 amide bonds. The summed E-state index contributed by atoms with van der Waals surface area (Å²) in [6, 6.07) is 2.59. The van der Waals surface area contributed by atoms with Crippen molar-refractivity contribution in [3.05, 3.63) is 48.6 Å². The first-order chi connectivity index (χ1) is 14.3. The molecule has 1 aromatic heterocycles. The number of nitrogens with zero attached hydrogens (tertiary/aromatic N) is 4. The predicted molar refractivity (Wildman–Crippen MR) is 108 cm³/mol. The molecule has 30 heavy (non-hydrogen) atoms. The largest absolute Gasteiger partial charge is 0.493 e. The Morgan fingerprint density at radius 2 is 2.03 bits per heavy atom. The molecule has 1 heterocycles. The Morgan fingerprint density at radius 1 is 1.37 bits per heavy atom. The predicted octanol–water partition coefficient (Wildman–Crippen LogP) is 1.91. The van der Waals surface area contributed by atoms with Gasteiger partial charge in [0.15, 0.2) is 0 Å². The average molecular weight is 437 g/mol. The third-order valence-corrected chi connectivity index (χ3v) is 3.96. The van der Waals surface area contributed by atoms with Gasteiger partial charge >= 0.3 is 11.7 Å². The molecule has 1 aromatic carbocycles. The number of nitrogens with one attached hydrogen (secondary N) is 1. The molecule has 0 spiro atoms. The minimum absolute atomic E-state index is 0.0393. The van der Waals surface area contributed by atoms with Gasteiger partial charge in [-0.2, -0.15) is 14.9 Å². The molecule has 0 atom stereocenters. The number of carboxylic acids is 1. The van der Waals surface area contributed by atoms with Crippen molar-refractivity contribution in [2.24, 2.45) is 5.10 Å². The third-order valence-electron chi connectivity index (χ3n) is 3.69. The highest BCUT2D eigenvalue weighted by Gasteiger charge is 2.20. The molecule has 0 aliphatic rings. The molecular formula is C17H19N5O7S. The van der Waals surface area contributed by atoms with E-state index < -0.39 is 16.5 Å². The molecule has 0 radical (unpaired) electrons. The van der Waals surface area contributed by atoms with Crippen molar-refractivity contribution in [2.45, 2.75) is 26.7 Å². The quantitative estimate of drug-likeness (QED) is 0.245. The molecule has 12 nitrogen and oxygen atoms in total. The van der Waals surface area contributed by atoms with Crippen LogP contribution in [-0.2, 0) is 11.2 Å². The maximum atomic E-state index is 12.5. The fourth-order valence-corrected chi connectivity index (χ4v) is 2.57. The van der Waals surface area contributed by atoms with Crippen molar-refractivity contribution in [3.63, 3.8) is 0 Å². The first kappa shape index (κ1) is 22.7. The zero-order valence-corrected chi connectivity index (χ0v) is 17.0. The van der Waals surface area contributed by atoms with E-state index in [9.17, 15) is 19.7 Å². The number of carbonyl (C=O) groups is 1. The number of nitro groups is 1. The van der Waals surface area contributed by atoms with Gasteiger partial charge in [0.05, 0.1) is 30.8 Å². The van der Waals surface area contributed by atoms with Gasteiger partial charge in [0.2, 0.25) is 10.5 Å². The summed E-state index contributed by atoms with van der Waals surface area (Å²) in [4.78, 5) is 34.0. The standard InChI is InChI=1S/C17H19N5O7S/c1-3-28-13-8-14(29-4-2)12(22(26)27)7-10(13)9-18-21-16(25)11(5-6-15(23)24)19-20-17(21)30/h7-9H,3-6H2,1-2H3,(H,20,30)(H,23,24)/b18-9-. The molecule has 13 heteroatoms. The van der Waals surface area contributed by atoms with Crippen molar-refractivity contribution >= 4 is 30.1 Å². The maximum Gasteiger partial charge on any atom is 0.311 e. The van der Waals surface area contributed by atoms with E-state index in [0.717, 1.165) is 4.68 Å². The smallest absolute Gasteiger partial charge is 0.311 e. The number of hydrogen-bond acceptors (Lipinski definition) is 9. The van der Waals surface area contributed by atoms with Gasteiger partial charge in [-0.05, 0) is 26.1 Å². The lowest BCUT2D eigenvalue weighted by molar-refractivity contribution is -0.385. The summed E-state index contributed by atoms with van der Waals surface area (Å²) in [7, 11) is 0. The Hall–Kier alpha value is -3.61. The summed E-state index contributed by atoms with van der Waals surface area (Å²) in [5.41, 5.74) is -0.839. The molecule has 0 aliphatic heterocycles. The van der Waals surface area contributed by atoms with Crippen LogP contribution in [0.15, 0.2) is 22.0 Å².